The smallest absolute Gasteiger partial charge is 0.265 e. The predicted molar refractivity (Wildman–Crippen MR) is 72.9 cm³/mol. The minimum Gasteiger partial charge on any atom is -0.481 e. The van der Waals surface area contributed by atoms with Crippen molar-refractivity contribution in [3.63, 3.8) is 0 Å². The second kappa shape index (κ2) is 5.51. The molecule has 0 saturated carbocycles. The average Bonchev–Trinajstić information content (AvgIpc) is 2.81. The summed E-state index contributed by atoms with van der Waals surface area (Å²) in [6, 6.07) is 4.53. The van der Waals surface area contributed by atoms with Crippen molar-refractivity contribution in [1.29, 1.82) is 0 Å². The van der Waals surface area contributed by atoms with Crippen LogP contribution in [0.2, 0.25) is 0 Å². The first kappa shape index (κ1) is 14.4. The minimum atomic E-state index is -3.73. The van der Waals surface area contributed by atoms with Crippen molar-refractivity contribution in [2.24, 2.45) is 5.73 Å². The van der Waals surface area contributed by atoms with Gasteiger partial charge >= 0.3 is 0 Å². The van der Waals surface area contributed by atoms with E-state index in [1.54, 1.807) is 19.1 Å². The van der Waals surface area contributed by atoms with Gasteiger partial charge in [0.2, 0.25) is 5.88 Å². The number of aromatic nitrogens is 1. The Morgan fingerprint density at radius 2 is 2.20 bits per heavy atom. The molecule has 3 N–H and O–H groups in total. The van der Waals surface area contributed by atoms with Crippen molar-refractivity contribution in [2.45, 2.75) is 18.4 Å². The van der Waals surface area contributed by atoms with Crippen molar-refractivity contribution < 1.29 is 17.6 Å². The number of methoxy groups -OCH3 is 1. The van der Waals surface area contributed by atoms with Crippen LogP contribution in [0.3, 0.4) is 0 Å². The van der Waals surface area contributed by atoms with Crippen LogP contribution in [-0.2, 0) is 16.6 Å². The number of nitrogens with zero attached hydrogens (tertiary/aromatic N) is 1. The maximum absolute atomic E-state index is 12.2. The molecule has 0 saturated heterocycles. The van der Waals surface area contributed by atoms with Crippen LogP contribution in [0.1, 0.15) is 11.5 Å². The largest absolute Gasteiger partial charge is 0.481 e. The van der Waals surface area contributed by atoms with E-state index in [0.29, 0.717) is 23.1 Å². The SMILES string of the molecule is COc1ccc(NS(=O)(=O)c2cc(CN)oc2C)cn1. The van der Waals surface area contributed by atoms with Crippen LogP contribution in [0.5, 0.6) is 5.88 Å². The Kier molecular flexibility index (Phi) is 3.96. The molecule has 108 valence electrons. The van der Waals surface area contributed by atoms with Crippen molar-refractivity contribution in [2.75, 3.05) is 11.8 Å². The highest BCUT2D eigenvalue weighted by Gasteiger charge is 2.21. The van der Waals surface area contributed by atoms with E-state index in [2.05, 4.69) is 9.71 Å². The zero-order chi connectivity index (χ0) is 14.8. The van der Waals surface area contributed by atoms with Crippen molar-refractivity contribution in [1.82, 2.24) is 4.98 Å². The van der Waals surface area contributed by atoms with Gasteiger partial charge < -0.3 is 14.9 Å². The fraction of sp³-hybridized carbons (Fsp3) is 0.250. The molecule has 0 aliphatic carbocycles. The Morgan fingerprint density at radius 3 is 2.70 bits per heavy atom. The number of anilines is 1. The number of nitrogens with one attached hydrogen (secondary N) is 1. The normalized spacial score (nSPS) is 11.3. The summed E-state index contributed by atoms with van der Waals surface area (Å²) in [5.74, 6) is 1.10. The van der Waals surface area contributed by atoms with E-state index >= 15 is 0 Å². The number of ether oxygens (including phenoxy) is 1. The van der Waals surface area contributed by atoms with Gasteiger partial charge in [-0.1, -0.05) is 0 Å². The Bertz CT molecular complexity index is 692. The van der Waals surface area contributed by atoms with Crippen molar-refractivity contribution in [3.05, 3.63) is 35.9 Å². The van der Waals surface area contributed by atoms with Crippen LogP contribution in [-0.4, -0.2) is 20.5 Å². The first-order valence-electron chi connectivity index (χ1n) is 5.78. The zero-order valence-corrected chi connectivity index (χ0v) is 11.9. The van der Waals surface area contributed by atoms with Gasteiger partial charge in [-0.05, 0) is 13.0 Å². The van der Waals surface area contributed by atoms with Crippen LogP contribution in [0.4, 0.5) is 5.69 Å². The minimum absolute atomic E-state index is 0.0637. The summed E-state index contributed by atoms with van der Waals surface area (Å²) in [6.07, 6.45) is 1.37. The molecule has 0 aliphatic rings. The number of nitrogens with two attached hydrogens (primary N) is 1. The van der Waals surface area contributed by atoms with Gasteiger partial charge in [-0.15, -0.1) is 0 Å². The highest BCUT2D eigenvalue weighted by atomic mass is 32.2. The number of aryl methyl sites for hydroxylation is 1. The second-order valence-corrected chi connectivity index (χ2v) is 5.68. The summed E-state index contributed by atoms with van der Waals surface area (Å²) in [5, 5.41) is 0. The van der Waals surface area contributed by atoms with Crippen molar-refractivity contribution >= 4 is 15.7 Å². The number of hydrogen-bond acceptors (Lipinski definition) is 6. The summed E-state index contributed by atoms with van der Waals surface area (Å²) in [6.45, 7) is 1.71. The molecule has 20 heavy (non-hydrogen) atoms. The Balaban J connectivity index is 2.27. The lowest BCUT2D eigenvalue weighted by Gasteiger charge is -2.07. The maximum atomic E-state index is 12.2. The molecule has 0 radical (unpaired) electrons. The van der Waals surface area contributed by atoms with E-state index in [1.807, 2.05) is 0 Å². The third kappa shape index (κ3) is 2.91. The molecule has 7 nitrogen and oxygen atoms in total. The van der Waals surface area contributed by atoms with Gasteiger partial charge in [0.05, 0.1) is 25.5 Å². The molecule has 0 spiro atoms. The zero-order valence-electron chi connectivity index (χ0n) is 11.1. The first-order valence-corrected chi connectivity index (χ1v) is 7.27. The van der Waals surface area contributed by atoms with E-state index in [0.717, 1.165) is 0 Å². The average molecular weight is 297 g/mol. The topological polar surface area (TPSA) is 107 Å². The number of sulfonamides is 1. The molecule has 0 amide bonds. The Morgan fingerprint density at radius 1 is 1.45 bits per heavy atom. The van der Waals surface area contributed by atoms with Crippen LogP contribution < -0.4 is 15.2 Å². The maximum Gasteiger partial charge on any atom is 0.265 e. The van der Waals surface area contributed by atoms with Gasteiger partial charge in [0.15, 0.2) is 0 Å². The van der Waals surface area contributed by atoms with Gasteiger partial charge in [-0.25, -0.2) is 13.4 Å². The van der Waals surface area contributed by atoms with Crippen LogP contribution in [0.25, 0.3) is 0 Å². The molecule has 2 rings (SSSR count). The molecular formula is C12H15N3O4S. The molecule has 0 aromatic carbocycles. The number of furan rings is 1. The summed E-state index contributed by atoms with van der Waals surface area (Å²) in [7, 11) is -2.25. The molecule has 2 heterocycles. The lowest BCUT2D eigenvalue weighted by atomic mass is 10.4. The highest BCUT2D eigenvalue weighted by molar-refractivity contribution is 7.92. The Hall–Kier alpha value is -2.06. The summed E-state index contributed by atoms with van der Waals surface area (Å²) >= 11 is 0. The monoisotopic (exact) mass is 297 g/mol. The van der Waals surface area contributed by atoms with Gasteiger partial charge in [0.25, 0.3) is 10.0 Å². The van der Waals surface area contributed by atoms with Gasteiger partial charge in [-0.2, -0.15) is 0 Å². The molecule has 2 aromatic rings. The van der Waals surface area contributed by atoms with E-state index in [-0.39, 0.29) is 11.4 Å². The van der Waals surface area contributed by atoms with Crippen LogP contribution >= 0.6 is 0 Å². The van der Waals surface area contributed by atoms with E-state index in [9.17, 15) is 8.42 Å². The summed E-state index contributed by atoms with van der Waals surface area (Å²) in [4.78, 5) is 3.99. The lowest BCUT2D eigenvalue weighted by molar-refractivity contribution is 0.398. The van der Waals surface area contributed by atoms with Crippen LogP contribution in [0, 0.1) is 6.92 Å². The highest BCUT2D eigenvalue weighted by Crippen LogP contribution is 2.23. The van der Waals surface area contributed by atoms with Gasteiger partial charge in [0, 0.05) is 12.1 Å². The quantitative estimate of drug-likeness (QED) is 0.860. The van der Waals surface area contributed by atoms with Crippen molar-refractivity contribution in [3.8, 4) is 5.88 Å². The third-order valence-corrected chi connectivity index (χ3v) is 4.10. The predicted octanol–water partition coefficient (Wildman–Crippen LogP) is 1.25. The molecular weight excluding hydrogens is 282 g/mol. The standard InChI is InChI=1S/C12H15N3O4S/c1-8-11(5-10(6-13)19-8)20(16,17)15-9-3-4-12(18-2)14-7-9/h3-5,7,15H,6,13H2,1-2H3. The molecule has 0 atom stereocenters. The molecule has 0 aliphatic heterocycles. The van der Waals surface area contributed by atoms with Gasteiger partial charge in [0.1, 0.15) is 16.4 Å². The Labute approximate surface area is 116 Å². The molecule has 0 fully saturated rings. The molecule has 2 aromatic heterocycles. The number of rotatable bonds is 5. The fourth-order valence-electron chi connectivity index (χ4n) is 1.66. The summed E-state index contributed by atoms with van der Waals surface area (Å²) in [5.41, 5.74) is 5.76. The first-order chi connectivity index (χ1) is 9.46. The molecule has 0 unspecified atom stereocenters. The number of hydrogen-bond donors (Lipinski definition) is 2. The van der Waals surface area contributed by atoms with E-state index in [1.165, 1.54) is 19.4 Å². The van der Waals surface area contributed by atoms with Crippen LogP contribution in [0.15, 0.2) is 33.7 Å². The third-order valence-electron chi connectivity index (χ3n) is 2.61. The molecule has 0 bridgehead atoms. The number of pyridine rings is 1. The van der Waals surface area contributed by atoms with E-state index < -0.39 is 10.0 Å². The second-order valence-electron chi connectivity index (χ2n) is 4.03. The summed E-state index contributed by atoms with van der Waals surface area (Å²) < 4.78 is 37.0. The molecule has 8 heteroatoms. The van der Waals surface area contributed by atoms with Gasteiger partial charge in [-0.3, -0.25) is 4.72 Å². The lowest BCUT2D eigenvalue weighted by Crippen LogP contribution is -2.13. The fourth-order valence-corrected chi connectivity index (χ4v) is 2.91. The van der Waals surface area contributed by atoms with E-state index in [4.69, 9.17) is 14.9 Å².